The van der Waals surface area contributed by atoms with Gasteiger partial charge >= 0.3 is 6.18 Å². The van der Waals surface area contributed by atoms with E-state index in [1.807, 2.05) is 4.98 Å². The van der Waals surface area contributed by atoms with Crippen LogP contribution in [-0.4, -0.2) is 15.1 Å². The van der Waals surface area contributed by atoms with Crippen LogP contribution in [0.5, 0.6) is 0 Å². The van der Waals surface area contributed by atoms with Gasteiger partial charge in [0.2, 0.25) is 5.95 Å². The van der Waals surface area contributed by atoms with Crippen LogP contribution in [0.15, 0.2) is 10.9 Å². The molecule has 0 unspecified atom stereocenters. The first kappa shape index (κ1) is 11.4. The lowest BCUT2D eigenvalue weighted by Crippen LogP contribution is -2.24. The van der Waals surface area contributed by atoms with Crippen molar-refractivity contribution in [2.24, 2.45) is 5.73 Å². The smallest absolute Gasteiger partial charge is 0.376 e. The number of nitrogens with zero attached hydrogens (tertiary/aromatic N) is 1. The van der Waals surface area contributed by atoms with Gasteiger partial charge < -0.3 is 11.1 Å². The highest BCUT2D eigenvalue weighted by Crippen LogP contribution is 2.26. The number of aromatic nitrogens is 2. The highest BCUT2D eigenvalue weighted by Gasteiger charge is 2.33. The van der Waals surface area contributed by atoms with Gasteiger partial charge in [0, 0.05) is 6.07 Å². The van der Waals surface area contributed by atoms with Gasteiger partial charge in [0.1, 0.15) is 0 Å². The summed E-state index contributed by atoms with van der Waals surface area (Å²) in [5, 5.41) is 1.81. The van der Waals surface area contributed by atoms with E-state index in [1.165, 1.54) is 0 Å². The number of H-pyrrole nitrogens is 1. The van der Waals surface area contributed by atoms with Crippen LogP contribution in [0.2, 0.25) is 0 Å². The van der Waals surface area contributed by atoms with Crippen LogP contribution in [0.4, 0.5) is 19.1 Å². The SMILES string of the molecule is NC(=S)Nc1nc(C(F)(F)F)cc(=O)[nH]1. The van der Waals surface area contributed by atoms with Crippen LogP contribution < -0.4 is 16.6 Å². The van der Waals surface area contributed by atoms with Crippen molar-refractivity contribution in [1.29, 1.82) is 0 Å². The molecule has 0 aliphatic rings. The van der Waals surface area contributed by atoms with E-state index in [4.69, 9.17) is 5.73 Å². The molecule has 1 aromatic rings. The van der Waals surface area contributed by atoms with Gasteiger partial charge in [-0.15, -0.1) is 0 Å². The Bertz CT molecular complexity index is 441. The van der Waals surface area contributed by atoms with E-state index in [1.54, 1.807) is 0 Å². The number of thiocarbonyl (C=S) groups is 1. The van der Waals surface area contributed by atoms with E-state index in [0.717, 1.165) is 0 Å². The number of nitrogens with one attached hydrogen (secondary N) is 2. The summed E-state index contributed by atoms with van der Waals surface area (Å²) in [4.78, 5) is 15.9. The fourth-order valence-electron chi connectivity index (χ4n) is 0.779. The third-order valence-electron chi connectivity index (χ3n) is 1.27. The predicted octanol–water partition coefficient (Wildman–Crippen LogP) is 0.444. The Morgan fingerprint density at radius 1 is 1.60 bits per heavy atom. The number of nitrogens with two attached hydrogens (primary N) is 1. The summed E-state index contributed by atoms with van der Waals surface area (Å²) in [6.45, 7) is 0. The molecule has 0 spiro atoms. The molecule has 0 radical (unpaired) electrons. The van der Waals surface area contributed by atoms with Gasteiger partial charge in [-0.3, -0.25) is 9.78 Å². The van der Waals surface area contributed by atoms with Crippen LogP contribution in [-0.2, 0) is 6.18 Å². The zero-order valence-electron chi connectivity index (χ0n) is 7.05. The molecule has 0 aliphatic heterocycles. The van der Waals surface area contributed by atoms with Crippen molar-refractivity contribution in [2.75, 3.05) is 5.32 Å². The second-order valence-corrected chi connectivity index (χ2v) is 2.91. The van der Waals surface area contributed by atoms with Crippen molar-refractivity contribution in [3.05, 3.63) is 22.1 Å². The predicted molar refractivity (Wildman–Crippen MR) is 50.3 cm³/mol. The van der Waals surface area contributed by atoms with E-state index in [9.17, 15) is 18.0 Å². The van der Waals surface area contributed by atoms with Crippen molar-refractivity contribution in [1.82, 2.24) is 9.97 Å². The zero-order valence-corrected chi connectivity index (χ0v) is 7.87. The van der Waals surface area contributed by atoms with Gasteiger partial charge in [-0.05, 0) is 12.2 Å². The van der Waals surface area contributed by atoms with Crippen LogP contribution in [0.25, 0.3) is 0 Å². The molecule has 0 aromatic carbocycles. The summed E-state index contributed by atoms with van der Waals surface area (Å²) in [5.41, 5.74) is 2.75. The van der Waals surface area contributed by atoms with Crippen molar-refractivity contribution < 1.29 is 13.2 Å². The van der Waals surface area contributed by atoms with Crippen molar-refractivity contribution >= 4 is 23.3 Å². The van der Waals surface area contributed by atoms with Gasteiger partial charge in [-0.2, -0.15) is 13.2 Å². The summed E-state index contributed by atoms with van der Waals surface area (Å²) in [6, 6.07) is 0.338. The van der Waals surface area contributed by atoms with Crippen LogP contribution in [0, 0.1) is 0 Å². The number of hydrogen-bond acceptors (Lipinski definition) is 3. The Morgan fingerprint density at radius 3 is 2.67 bits per heavy atom. The minimum Gasteiger partial charge on any atom is -0.376 e. The van der Waals surface area contributed by atoms with Crippen molar-refractivity contribution in [2.45, 2.75) is 6.18 Å². The summed E-state index contributed by atoms with van der Waals surface area (Å²) in [7, 11) is 0. The van der Waals surface area contributed by atoms with Crippen LogP contribution in [0.3, 0.4) is 0 Å². The molecule has 4 N–H and O–H groups in total. The highest BCUT2D eigenvalue weighted by atomic mass is 32.1. The average molecular weight is 238 g/mol. The molecule has 0 saturated heterocycles. The number of hydrogen-bond donors (Lipinski definition) is 3. The Kier molecular flexibility index (Phi) is 2.93. The molecule has 0 saturated carbocycles. The molecule has 1 aromatic heterocycles. The standard InChI is InChI=1S/C6H5F3N4OS/c7-6(8,9)2-1-3(14)12-5(11-2)13-4(10)15/h1H,(H4,10,11,12,13,14,15). The molecule has 0 aliphatic carbocycles. The van der Waals surface area contributed by atoms with Crippen molar-refractivity contribution in [3.8, 4) is 0 Å². The Morgan fingerprint density at radius 2 is 2.20 bits per heavy atom. The molecular weight excluding hydrogens is 233 g/mol. The Labute approximate surface area is 86.5 Å². The fourth-order valence-corrected chi connectivity index (χ4v) is 0.875. The number of aromatic amines is 1. The third-order valence-corrected chi connectivity index (χ3v) is 1.38. The van der Waals surface area contributed by atoms with E-state index in [-0.39, 0.29) is 5.11 Å². The van der Waals surface area contributed by atoms with Crippen LogP contribution >= 0.6 is 12.2 Å². The summed E-state index contributed by atoms with van der Waals surface area (Å²) >= 11 is 4.38. The number of alkyl halides is 3. The van der Waals surface area contributed by atoms with E-state index in [2.05, 4.69) is 22.5 Å². The molecular formula is C6H5F3N4OS. The monoisotopic (exact) mass is 238 g/mol. The fraction of sp³-hybridized carbons (Fsp3) is 0.167. The summed E-state index contributed by atoms with van der Waals surface area (Å²) in [6.07, 6.45) is -4.69. The maximum absolute atomic E-state index is 12.2. The van der Waals surface area contributed by atoms with Gasteiger partial charge in [-0.1, -0.05) is 0 Å². The first-order chi connectivity index (χ1) is 6.79. The Balaban J connectivity index is 3.17. The minimum atomic E-state index is -4.69. The van der Waals surface area contributed by atoms with E-state index in [0.29, 0.717) is 6.07 Å². The van der Waals surface area contributed by atoms with Gasteiger partial charge in [-0.25, -0.2) is 4.98 Å². The minimum absolute atomic E-state index is 0.294. The first-order valence-electron chi connectivity index (χ1n) is 3.54. The molecule has 0 atom stereocenters. The highest BCUT2D eigenvalue weighted by molar-refractivity contribution is 7.80. The summed E-state index contributed by atoms with van der Waals surface area (Å²) in [5.74, 6) is -0.442. The third kappa shape index (κ3) is 3.20. The lowest BCUT2D eigenvalue weighted by Gasteiger charge is -2.07. The van der Waals surface area contributed by atoms with Gasteiger partial charge in [0.15, 0.2) is 10.8 Å². The van der Waals surface area contributed by atoms with E-state index >= 15 is 0 Å². The van der Waals surface area contributed by atoms with Crippen molar-refractivity contribution in [3.63, 3.8) is 0 Å². The molecule has 0 fully saturated rings. The molecule has 0 bridgehead atoms. The second-order valence-electron chi connectivity index (χ2n) is 2.47. The largest absolute Gasteiger partial charge is 0.433 e. The molecule has 0 amide bonds. The quantitative estimate of drug-likeness (QED) is 0.618. The lowest BCUT2D eigenvalue weighted by molar-refractivity contribution is -0.141. The maximum Gasteiger partial charge on any atom is 0.433 e. The van der Waals surface area contributed by atoms with Gasteiger partial charge in [0.25, 0.3) is 5.56 Å². The topological polar surface area (TPSA) is 83.8 Å². The first-order valence-corrected chi connectivity index (χ1v) is 3.95. The molecule has 1 rings (SSSR count). The lowest BCUT2D eigenvalue weighted by atomic mass is 10.4. The zero-order chi connectivity index (χ0) is 11.6. The number of halogens is 3. The number of anilines is 1. The van der Waals surface area contributed by atoms with E-state index < -0.39 is 23.4 Å². The second kappa shape index (κ2) is 3.85. The molecule has 5 nitrogen and oxygen atoms in total. The van der Waals surface area contributed by atoms with Crippen LogP contribution in [0.1, 0.15) is 5.69 Å². The number of rotatable bonds is 1. The molecule has 9 heteroatoms. The molecule has 15 heavy (non-hydrogen) atoms. The molecule has 82 valence electrons. The Hall–Kier alpha value is -1.64. The summed E-state index contributed by atoms with van der Waals surface area (Å²) < 4.78 is 36.5. The average Bonchev–Trinajstić information content (AvgIpc) is 1.99. The normalized spacial score (nSPS) is 11.1. The molecule has 1 heterocycles. The van der Waals surface area contributed by atoms with Gasteiger partial charge in [0.05, 0.1) is 0 Å². The maximum atomic E-state index is 12.2.